The molecule has 0 saturated carbocycles. The molecule has 8 heteroatoms. The monoisotopic (exact) mass is 449 g/mol. The standard InChI is InChI=1S/C22H28ClN3O3S/c1-17(18-9-5-4-6-10-18)24-16-22(27)25-21-15-19(11-12-20(21)23)30(28,29)26-13-7-2-3-8-14-26/h4-6,9-12,15,17,24H,2-3,7-8,13-14,16H2,1H3,(H,25,27)/t17-/m1/s1. The average Bonchev–Trinajstić information content (AvgIpc) is 3.04. The maximum atomic E-state index is 13.0. The van der Waals surface area contributed by atoms with Crippen LogP contribution in [0.25, 0.3) is 0 Å². The summed E-state index contributed by atoms with van der Waals surface area (Å²) in [5.41, 5.74) is 1.38. The minimum Gasteiger partial charge on any atom is -0.324 e. The lowest BCUT2D eigenvalue weighted by atomic mass is 10.1. The van der Waals surface area contributed by atoms with E-state index >= 15 is 0 Å². The molecule has 0 aliphatic carbocycles. The normalized spacial score (nSPS) is 16.6. The van der Waals surface area contributed by atoms with Gasteiger partial charge < -0.3 is 10.6 Å². The van der Waals surface area contributed by atoms with Gasteiger partial charge in [-0.2, -0.15) is 4.31 Å². The Morgan fingerprint density at radius 3 is 2.40 bits per heavy atom. The van der Waals surface area contributed by atoms with Crippen LogP contribution in [0.2, 0.25) is 5.02 Å². The second kappa shape index (κ2) is 10.4. The Bertz CT molecular complexity index is 959. The number of carbonyl (C=O) groups is 1. The first-order valence-electron chi connectivity index (χ1n) is 10.3. The number of nitrogens with one attached hydrogen (secondary N) is 2. The van der Waals surface area contributed by atoms with Gasteiger partial charge in [-0.05, 0) is 43.5 Å². The maximum absolute atomic E-state index is 13.0. The highest BCUT2D eigenvalue weighted by Gasteiger charge is 2.26. The van der Waals surface area contributed by atoms with E-state index in [0.29, 0.717) is 23.8 Å². The summed E-state index contributed by atoms with van der Waals surface area (Å²) in [7, 11) is -3.61. The molecule has 2 N–H and O–H groups in total. The number of benzene rings is 2. The van der Waals surface area contributed by atoms with Crippen LogP contribution in [0, 0.1) is 0 Å². The van der Waals surface area contributed by atoms with Gasteiger partial charge in [0.1, 0.15) is 0 Å². The zero-order chi connectivity index (χ0) is 21.6. The highest BCUT2D eigenvalue weighted by Crippen LogP contribution is 2.28. The molecular weight excluding hydrogens is 422 g/mol. The van der Waals surface area contributed by atoms with Crippen molar-refractivity contribution in [2.24, 2.45) is 0 Å². The van der Waals surface area contributed by atoms with Crippen LogP contribution in [0.4, 0.5) is 5.69 Å². The largest absolute Gasteiger partial charge is 0.324 e. The van der Waals surface area contributed by atoms with Crippen molar-refractivity contribution in [3.63, 3.8) is 0 Å². The Hall–Kier alpha value is -1.93. The molecule has 1 saturated heterocycles. The van der Waals surface area contributed by atoms with Crippen molar-refractivity contribution in [3.8, 4) is 0 Å². The van der Waals surface area contributed by atoms with Gasteiger partial charge in [-0.15, -0.1) is 0 Å². The van der Waals surface area contributed by atoms with E-state index in [2.05, 4.69) is 10.6 Å². The van der Waals surface area contributed by atoms with Gasteiger partial charge in [0.05, 0.1) is 22.2 Å². The predicted octanol–water partition coefficient (Wildman–Crippen LogP) is 4.19. The second-order valence-corrected chi connectivity index (χ2v) is 9.87. The van der Waals surface area contributed by atoms with Gasteiger partial charge in [-0.1, -0.05) is 54.8 Å². The van der Waals surface area contributed by atoms with Crippen LogP contribution in [-0.2, 0) is 14.8 Å². The molecule has 0 radical (unpaired) electrons. The summed E-state index contributed by atoms with van der Waals surface area (Å²) in [4.78, 5) is 12.6. The van der Waals surface area contributed by atoms with Crippen molar-refractivity contribution in [3.05, 3.63) is 59.1 Å². The molecule has 0 bridgehead atoms. The van der Waals surface area contributed by atoms with E-state index in [1.165, 1.54) is 22.5 Å². The number of amides is 1. The molecule has 1 atom stereocenters. The summed E-state index contributed by atoms with van der Waals surface area (Å²) >= 11 is 6.22. The number of hydrogen-bond donors (Lipinski definition) is 2. The van der Waals surface area contributed by atoms with E-state index in [0.717, 1.165) is 31.2 Å². The lowest BCUT2D eigenvalue weighted by molar-refractivity contribution is -0.115. The van der Waals surface area contributed by atoms with E-state index in [-0.39, 0.29) is 23.4 Å². The summed E-state index contributed by atoms with van der Waals surface area (Å²) in [5.74, 6) is -0.288. The van der Waals surface area contributed by atoms with Crippen LogP contribution in [0.3, 0.4) is 0 Å². The number of anilines is 1. The summed E-state index contributed by atoms with van der Waals surface area (Å²) < 4.78 is 27.6. The first kappa shape index (κ1) is 22.7. The van der Waals surface area contributed by atoms with Gasteiger partial charge >= 0.3 is 0 Å². The van der Waals surface area contributed by atoms with Crippen LogP contribution in [0.1, 0.15) is 44.2 Å². The predicted molar refractivity (Wildman–Crippen MR) is 120 cm³/mol. The van der Waals surface area contributed by atoms with Crippen molar-refractivity contribution in [1.82, 2.24) is 9.62 Å². The summed E-state index contributed by atoms with van der Waals surface area (Å²) in [6, 6.07) is 14.3. The molecule has 1 heterocycles. The third kappa shape index (κ3) is 5.82. The number of sulfonamides is 1. The molecule has 3 rings (SSSR count). The van der Waals surface area contributed by atoms with Crippen LogP contribution >= 0.6 is 11.6 Å². The van der Waals surface area contributed by atoms with E-state index in [4.69, 9.17) is 11.6 Å². The van der Waals surface area contributed by atoms with Crippen LogP contribution in [0.5, 0.6) is 0 Å². The SMILES string of the molecule is C[C@@H](NCC(=O)Nc1cc(S(=O)(=O)N2CCCCCC2)ccc1Cl)c1ccccc1. The van der Waals surface area contributed by atoms with Gasteiger partial charge in [0, 0.05) is 19.1 Å². The smallest absolute Gasteiger partial charge is 0.243 e. The molecule has 30 heavy (non-hydrogen) atoms. The maximum Gasteiger partial charge on any atom is 0.243 e. The molecule has 6 nitrogen and oxygen atoms in total. The van der Waals surface area contributed by atoms with Crippen molar-refractivity contribution >= 4 is 33.2 Å². The Morgan fingerprint density at radius 1 is 1.07 bits per heavy atom. The molecule has 0 unspecified atom stereocenters. The Balaban J connectivity index is 1.66. The quantitative estimate of drug-likeness (QED) is 0.664. The lowest BCUT2D eigenvalue weighted by Crippen LogP contribution is -2.32. The molecular formula is C22H28ClN3O3S. The highest BCUT2D eigenvalue weighted by molar-refractivity contribution is 7.89. The summed E-state index contributed by atoms with van der Waals surface area (Å²) in [6.45, 7) is 3.10. The number of hydrogen-bond acceptors (Lipinski definition) is 4. The Labute approximate surface area is 183 Å². The number of rotatable bonds is 7. The molecule has 162 valence electrons. The number of halogens is 1. The van der Waals surface area contributed by atoms with Crippen LogP contribution < -0.4 is 10.6 Å². The highest BCUT2D eigenvalue weighted by atomic mass is 35.5. The number of nitrogens with zero attached hydrogens (tertiary/aromatic N) is 1. The fourth-order valence-corrected chi connectivity index (χ4v) is 5.20. The lowest BCUT2D eigenvalue weighted by Gasteiger charge is -2.20. The van der Waals surface area contributed by atoms with E-state index in [1.54, 1.807) is 0 Å². The molecule has 1 aliphatic rings. The van der Waals surface area contributed by atoms with Gasteiger partial charge in [0.15, 0.2) is 0 Å². The zero-order valence-corrected chi connectivity index (χ0v) is 18.7. The van der Waals surface area contributed by atoms with Gasteiger partial charge in [-0.3, -0.25) is 4.79 Å². The molecule has 1 amide bonds. The summed E-state index contributed by atoms with van der Waals surface area (Å²) in [5, 5.41) is 6.19. The first-order chi connectivity index (χ1) is 14.4. The Morgan fingerprint density at radius 2 is 1.73 bits per heavy atom. The minimum absolute atomic E-state index is 0.00201. The van der Waals surface area contributed by atoms with Crippen LogP contribution in [0.15, 0.2) is 53.4 Å². The zero-order valence-electron chi connectivity index (χ0n) is 17.1. The molecule has 0 spiro atoms. The van der Waals surface area contributed by atoms with Crippen LogP contribution in [-0.4, -0.2) is 38.3 Å². The fourth-order valence-electron chi connectivity index (χ4n) is 3.49. The van der Waals surface area contributed by atoms with Gasteiger partial charge in [0.2, 0.25) is 15.9 Å². The topological polar surface area (TPSA) is 78.5 Å². The second-order valence-electron chi connectivity index (χ2n) is 7.52. The minimum atomic E-state index is -3.61. The van der Waals surface area contributed by atoms with E-state index in [1.807, 2.05) is 37.3 Å². The Kier molecular flexibility index (Phi) is 7.88. The molecule has 2 aromatic rings. The van der Waals surface area contributed by atoms with E-state index in [9.17, 15) is 13.2 Å². The summed E-state index contributed by atoms with van der Waals surface area (Å²) in [6.07, 6.45) is 3.81. The van der Waals surface area contributed by atoms with Crippen molar-refractivity contribution in [2.45, 2.75) is 43.5 Å². The average molecular weight is 450 g/mol. The van der Waals surface area contributed by atoms with Crippen molar-refractivity contribution < 1.29 is 13.2 Å². The third-order valence-corrected chi connectivity index (χ3v) is 7.51. The molecule has 2 aromatic carbocycles. The molecule has 0 aromatic heterocycles. The third-order valence-electron chi connectivity index (χ3n) is 5.28. The first-order valence-corrected chi connectivity index (χ1v) is 12.1. The van der Waals surface area contributed by atoms with E-state index < -0.39 is 10.0 Å². The molecule has 1 aliphatic heterocycles. The number of carbonyl (C=O) groups excluding carboxylic acids is 1. The fraction of sp³-hybridized carbons (Fsp3) is 0.409. The molecule has 1 fully saturated rings. The van der Waals surface area contributed by atoms with Crippen molar-refractivity contribution in [2.75, 3.05) is 25.0 Å². The van der Waals surface area contributed by atoms with Crippen molar-refractivity contribution in [1.29, 1.82) is 0 Å². The van der Waals surface area contributed by atoms with Gasteiger partial charge in [0.25, 0.3) is 0 Å². The van der Waals surface area contributed by atoms with Gasteiger partial charge in [-0.25, -0.2) is 8.42 Å².